The molecule has 1 aliphatic heterocycles. The van der Waals surface area contributed by atoms with Crippen molar-refractivity contribution in [1.82, 2.24) is 0 Å². The molecular weight excluding hydrogens is 388 g/mol. The molecule has 0 radical (unpaired) electrons. The van der Waals surface area contributed by atoms with E-state index < -0.39 is 53.1 Å². The maximum atomic E-state index is 12.9. The number of sulfone groups is 1. The molecule has 8 nitrogen and oxygen atoms in total. The lowest BCUT2D eigenvalue weighted by molar-refractivity contribution is -0.132. The van der Waals surface area contributed by atoms with Gasteiger partial charge in [-0.3, -0.25) is 0 Å². The Morgan fingerprint density at radius 1 is 1.07 bits per heavy atom. The molecule has 1 aliphatic rings. The smallest absolute Gasteiger partial charge is 0.178 e. The van der Waals surface area contributed by atoms with Crippen molar-refractivity contribution in [2.75, 3.05) is 33.7 Å². The zero-order valence-electron chi connectivity index (χ0n) is 16.4. The van der Waals surface area contributed by atoms with Gasteiger partial charge in [0.15, 0.2) is 16.1 Å². The topological polar surface area (TPSA) is 112 Å². The van der Waals surface area contributed by atoms with Gasteiger partial charge in [0.05, 0.1) is 41.7 Å². The van der Waals surface area contributed by atoms with E-state index in [1.807, 2.05) is 0 Å². The summed E-state index contributed by atoms with van der Waals surface area (Å²) in [6.07, 6.45) is -2.71. The van der Waals surface area contributed by atoms with Crippen molar-refractivity contribution in [3.8, 4) is 0 Å². The van der Waals surface area contributed by atoms with Crippen molar-refractivity contribution in [3.63, 3.8) is 0 Å². The standard InChI is InChI=1S/C19H30O8S/c1-24-18(25-2)10-16-15(12-28(22,23)14-7-5-4-6-8-14)19(26-3)17(27-16)9-13(21)11-20/h4-8,13,15-21H,9-12H2,1-3H3/t13?,15-,16?,17+,19+/m0/s1. The van der Waals surface area contributed by atoms with Crippen molar-refractivity contribution in [2.45, 2.75) is 48.4 Å². The Labute approximate surface area is 166 Å². The Balaban J connectivity index is 2.28. The highest BCUT2D eigenvalue weighted by atomic mass is 32.2. The SMILES string of the molecule is COC(CC1O[C@H](CC(O)CO)[C@H](OC)[C@H]1CS(=O)(=O)c1ccccc1)OC. The molecule has 2 N–H and O–H groups in total. The molecule has 0 bridgehead atoms. The highest BCUT2D eigenvalue weighted by Gasteiger charge is 2.47. The van der Waals surface area contributed by atoms with Crippen LogP contribution in [0.1, 0.15) is 12.8 Å². The van der Waals surface area contributed by atoms with Crippen molar-refractivity contribution >= 4 is 9.84 Å². The first-order valence-corrected chi connectivity index (χ1v) is 10.8. The maximum Gasteiger partial charge on any atom is 0.178 e. The van der Waals surface area contributed by atoms with Crippen LogP contribution in [0.25, 0.3) is 0 Å². The summed E-state index contributed by atoms with van der Waals surface area (Å²) in [5.74, 6) is -0.662. The molecule has 28 heavy (non-hydrogen) atoms. The van der Waals surface area contributed by atoms with E-state index >= 15 is 0 Å². The zero-order valence-corrected chi connectivity index (χ0v) is 17.2. The van der Waals surface area contributed by atoms with Crippen LogP contribution < -0.4 is 0 Å². The molecule has 9 heteroatoms. The second kappa shape index (κ2) is 10.6. The van der Waals surface area contributed by atoms with Crippen LogP contribution >= 0.6 is 0 Å². The third kappa shape index (κ3) is 5.73. The molecule has 2 unspecified atom stereocenters. The summed E-state index contributed by atoms with van der Waals surface area (Å²) in [5.41, 5.74) is 0. The van der Waals surface area contributed by atoms with Gasteiger partial charge < -0.3 is 29.2 Å². The van der Waals surface area contributed by atoms with E-state index in [4.69, 9.17) is 24.1 Å². The number of benzene rings is 1. The maximum absolute atomic E-state index is 12.9. The van der Waals surface area contributed by atoms with Crippen molar-refractivity contribution in [2.24, 2.45) is 5.92 Å². The van der Waals surface area contributed by atoms with Crippen LogP contribution in [-0.4, -0.2) is 83.0 Å². The van der Waals surface area contributed by atoms with Crippen LogP contribution in [-0.2, 0) is 28.8 Å². The third-order valence-corrected chi connectivity index (χ3v) is 6.88. The number of methoxy groups -OCH3 is 3. The largest absolute Gasteiger partial charge is 0.394 e. The van der Waals surface area contributed by atoms with Gasteiger partial charge in [-0.25, -0.2) is 8.42 Å². The van der Waals surface area contributed by atoms with E-state index in [1.54, 1.807) is 30.3 Å². The quantitative estimate of drug-likeness (QED) is 0.503. The van der Waals surface area contributed by atoms with Crippen LogP contribution in [0.3, 0.4) is 0 Å². The van der Waals surface area contributed by atoms with Gasteiger partial charge in [0.25, 0.3) is 0 Å². The molecule has 1 fully saturated rings. The normalized spacial score (nSPS) is 26.6. The van der Waals surface area contributed by atoms with Gasteiger partial charge >= 0.3 is 0 Å². The Morgan fingerprint density at radius 2 is 1.71 bits per heavy atom. The van der Waals surface area contributed by atoms with E-state index in [1.165, 1.54) is 21.3 Å². The molecule has 0 aromatic heterocycles. The molecular formula is C19H30O8S. The van der Waals surface area contributed by atoms with Gasteiger partial charge in [0, 0.05) is 40.1 Å². The third-order valence-electron chi connectivity index (χ3n) is 5.07. The van der Waals surface area contributed by atoms with E-state index in [-0.39, 0.29) is 17.1 Å². The second-order valence-corrected chi connectivity index (χ2v) is 8.91. The summed E-state index contributed by atoms with van der Waals surface area (Å²) in [6.45, 7) is -0.410. The van der Waals surface area contributed by atoms with Crippen molar-refractivity contribution < 1.29 is 37.6 Å². The number of ether oxygens (including phenoxy) is 4. The fourth-order valence-electron chi connectivity index (χ4n) is 3.64. The molecule has 0 saturated carbocycles. The first-order valence-electron chi connectivity index (χ1n) is 9.16. The first kappa shape index (κ1) is 23.2. The first-order chi connectivity index (χ1) is 13.4. The molecule has 2 rings (SSSR count). The minimum Gasteiger partial charge on any atom is -0.394 e. The molecule has 1 aromatic rings. The number of aliphatic hydroxyl groups excluding tert-OH is 2. The molecule has 1 heterocycles. The summed E-state index contributed by atoms with van der Waals surface area (Å²) in [6, 6.07) is 8.22. The second-order valence-electron chi connectivity index (χ2n) is 6.88. The fraction of sp³-hybridized carbons (Fsp3) is 0.684. The molecule has 0 aliphatic carbocycles. The van der Waals surface area contributed by atoms with Gasteiger partial charge in [-0.2, -0.15) is 0 Å². The van der Waals surface area contributed by atoms with Crippen molar-refractivity contribution in [3.05, 3.63) is 30.3 Å². The van der Waals surface area contributed by atoms with Crippen LogP contribution in [0.2, 0.25) is 0 Å². The van der Waals surface area contributed by atoms with Gasteiger partial charge in [-0.05, 0) is 12.1 Å². The minimum atomic E-state index is -3.58. The van der Waals surface area contributed by atoms with Crippen LogP contribution in [0, 0.1) is 5.92 Å². The number of aliphatic hydroxyl groups is 2. The van der Waals surface area contributed by atoms with Gasteiger partial charge in [0.1, 0.15) is 0 Å². The molecule has 160 valence electrons. The Kier molecular flexibility index (Phi) is 8.81. The van der Waals surface area contributed by atoms with E-state index in [0.717, 1.165) is 0 Å². The average molecular weight is 419 g/mol. The Hall–Kier alpha value is -1.07. The Morgan fingerprint density at radius 3 is 2.25 bits per heavy atom. The number of hydrogen-bond acceptors (Lipinski definition) is 8. The summed E-state index contributed by atoms with van der Waals surface area (Å²) in [4.78, 5) is 0.234. The van der Waals surface area contributed by atoms with E-state index in [2.05, 4.69) is 0 Å². The molecule has 0 amide bonds. The highest BCUT2D eigenvalue weighted by Crippen LogP contribution is 2.36. The van der Waals surface area contributed by atoms with Gasteiger partial charge in [-0.1, -0.05) is 18.2 Å². The molecule has 1 aromatic carbocycles. The van der Waals surface area contributed by atoms with Gasteiger partial charge in [-0.15, -0.1) is 0 Å². The summed E-state index contributed by atoms with van der Waals surface area (Å²) in [5, 5.41) is 19.0. The predicted octanol–water partition coefficient (Wildman–Crippen LogP) is 0.611. The summed E-state index contributed by atoms with van der Waals surface area (Å²) >= 11 is 0. The Bertz CT molecular complexity index is 676. The van der Waals surface area contributed by atoms with Crippen LogP contribution in [0.15, 0.2) is 35.2 Å². The van der Waals surface area contributed by atoms with Crippen LogP contribution in [0.5, 0.6) is 0 Å². The lowest BCUT2D eigenvalue weighted by atomic mass is 9.94. The fourth-order valence-corrected chi connectivity index (χ4v) is 5.31. The average Bonchev–Trinajstić information content (AvgIpc) is 3.01. The lowest BCUT2D eigenvalue weighted by Gasteiger charge is -2.25. The van der Waals surface area contributed by atoms with Crippen LogP contribution in [0.4, 0.5) is 0 Å². The highest BCUT2D eigenvalue weighted by molar-refractivity contribution is 7.91. The minimum absolute atomic E-state index is 0.137. The van der Waals surface area contributed by atoms with Crippen molar-refractivity contribution in [1.29, 1.82) is 0 Å². The molecule has 5 atom stereocenters. The van der Waals surface area contributed by atoms with E-state index in [9.17, 15) is 13.5 Å². The summed E-state index contributed by atoms with van der Waals surface area (Å²) < 4.78 is 48.0. The number of rotatable bonds is 11. The monoisotopic (exact) mass is 418 g/mol. The number of hydrogen-bond donors (Lipinski definition) is 2. The zero-order chi connectivity index (χ0) is 20.7. The lowest BCUT2D eigenvalue weighted by Crippen LogP contribution is -2.37. The van der Waals surface area contributed by atoms with Gasteiger partial charge in [0.2, 0.25) is 0 Å². The molecule has 0 spiro atoms. The summed E-state index contributed by atoms with van der Waals surface area (Å²) in [7, 11) is 0.907. The van der Waals surface area contributed by atoms with E-state index in [0.29, 0.717) is 6.42 Å². The predicted molar refractivity (Wildman–Crippen MR) is 102 cm³/mol. The molecule has 1 saturated heterocycles.